The van der Waals surface area contributed by atoms with Crippen LogP contribution in [-0.4, -0.2) is 36.8 Å². The minimum Gasteiger partial charge on any atom is -0.396 e. The first kappa shape index (κ1) is 14.8. The number of piperidine rings is 1. The Morgan fingerprint density at radius 3 is 2.74 bits per heavy atom. The molecule has 4 heteroatoms. The van der Waals surface area contributed by atoms with Crippen molar-refractivity contribution in [1.82, 2.24) is 10.6 Å². The molecule has 0 bridgehead atoms. The van der Waals surface area contributed by atoms with Crippen molar-refractivity contribution >= 4 is 5.91 Å². The zero-order valence-corrected chi connectivity index (χ0v) is 12.1. The molecule has 1 heterocycles. The van der Waals surface area contributed by atoms with Crippen LogP contribution in [0.1, 0.15) is 51.9 Å². The number of aliphatic hydroxyl groups is 1. The quantitative estimate of drug-likeness (QED) is 0.723. The molecular weight excluding hydrogens is 240 g/mol. The molecular formula is C15H28N2O2. The third kappa shape index (κ3) is 3.93. The monoisotopic (exact) mass is 268 g/mol. The lowest BCUT2D eigenvalue weighted by atomic mass is 9.74. The minimum absolute atomic E-state index is 0.0388. The number of amides is 1. The Morgan fingerprint density at radius 1 is 1.37 bits per heavy atom. The molecule has 1 saturated heterocycles. The van der Waals surface area contributed by atoms with E-state index >= 15 is 0 Å². The second-order valence-corrected chi connectivity index (χ2v) is 6.57. The number of hydrogen-bond donors (Lipinski definition) is 3. The summed E-state index contributed by atoms with van der Waals surface area (Å²) in [5.41, 5.74) is -0.0613. The van der Waals surface area contributed by atoms with Gasteiger partial charge in [-0.2, -0.15) is 0 Å². The van der Waals surface area contributed by atoms with Crippen LogP contribution in [0.15, 0.2) is 0 Å². The smallest absolute Gasteiger partial charge is 0.237 e. The molecule has 1 aliphatic heterocycles. The highest BCUT2D eigenvalue weighted by atomic mass is 16.3. The second-order valence-electron chi connectivity index (χ2n) is 6.57. The van der Waals surface area contributed by atoms with Crippen LogP contribution in [0.4, 0.5) is 0 Å². The van der Waals surface area contributed by atoms with E-state index in [9.17, 15) is 9.90 Å². The van der Waals surface area contributed by atoms with Crippen molar-refractivity contribution in [1.29, 1.82) is 0 Å². The third-order valence-electron chi connectivity index (χ3n) is 4.87. The SMILES string of the molecule is CC1CCNC(C(=O)NCC2(CO)CCCCC2)C1. The highest BCUT2D eigenvalue weighted by molar-refractivity contribution is 5.81. The van der Waals surface area contributed by atoms with Gasteiger partial charge < -0.3 is 15.7 Å². The average molecular weight is 268 g/mol. The maximum atomic E-state index is 12.2. The molecule has 4 nitrogen and oxygen atoms in total. The Bertz CT molecular complexity index is 301. The van der Waals surface area contributed by atoms with Crippen molar-refractivity contribution in [3.63, 3.8) is 0 Å². The van der Waals surface area contributed by atoms with Crippen LogP contribution in [0.25, 0.3) is 0 Å². The predicted octanol–water partition coefficient (Wildman–Crippen LogP) is 1.43. The highest BCUT2D eigenvalue weighted by Gasteiger charge is 2.33. The van der Waals surface area contributed by atoms with E-state index in [-0.39, 0.29) is 24.0 Å². The number of rotatable bonds is 4. The van der Waals surface area contributed by atoms with E-state index in [0.717, 1.165) is 32.2 Å². The molecule has 1 amide bonds. The summed E-state index contributed by atoms with van der Waals surface area (Å²) in [6.45, 7) is 3.97. The Kier molecular flexibility index (Phi) is 5.22. The highest BCUT2D eigenvalue weighted by Crippen LogP contribution is 2.35. The molecule has 0 aromatic heterocycles. The lowest BCUT2D eigenvalue weighted by Gasteiger charge is -2.36. The number of carbonyl (C=O) groups is 1. The van der Waals surface area contributed by atoms with Crippen LogP contribution in [0.3, 0.4) is 0 Å². The normalized spacial score (nSPS) is 30.8. The third-order valence-corrected chi connectivity index (χ3v) is 4.87. The summed E-state index contributed by atoms with van der Waals surface area (Å²) in [4.78, 5) is 12.2. The van der Waals surface area contributed by atoms with Crippen molar-refractivity contribution in [2.75, 3.05) is 19.7 Å². The number of carbonyl (C=O) groups excluding carboxylic acids is 1. The molecule has 0 aromatic carbocycles. The van der Waals surface area contributed by atoms with Crippen molar-refractivity contribution in [2.24, 2.45) is 11.3 Å². The van der Waals surface area contributed by atoms with Gasteiger partial charge in [-0.25, -0.2) is 0 Å². The van der Waals surface area contributed by atoms with Gasteiger partial charge >= 0.3 is 0 Å². The Labute approximate surface area is 116 Å². The zero-order chi connectivity index (χ0) is 13.7. The van der Waals surface area contributed by atoms with Crippen LogP contribution in [0.5, 0.6) is 0 Å². The zero-order valence-electron chi connectivity index (χ0n) is 12.1. The Hall–Kier alpha value is -0.610. The molecule has 0 aromatic rings. The van der Waals surface area contributed by atoms with Crippen molar-refractivity contribution in [3.05, 3.63) is 0 Å². The largest absolute Gasteiger partial charge is 0.396 e. The molecule has 3 N–H and O–H groups in total. The standard InChI is InChI=1S/C15H28N2O2/c1-12-5-8-16-13(9-12)14(19)17-10-15(11-18)6-3-2-4-7-15/h12-13,16,18H,2-11H2,1H3,(H,17,19). The predicted molar refractivity (Wildman–Crippen MR) is 75.8 cm³/mol. The molecule has 0 radical (unpaired) electrons. The van der Waals surface area contributed by atoms with E-state index in [0.29, 0.717) is 12.5 Å². The summed E-state index contributed by atoms with van der Waals surface area (Å²) in [6.07, 6.45) is 7.78. The van der Waals surface area contributed by atoms with Gasteiger partial charge in [-0.15, -0.1) is 0 Å². The number of nitrogens with one attached hydrogen (secondary N) is 2. The fourth-order valence-corrected chi connectivity index (χ4v) is 3.40. The van der Waals surface area contributed by atoms with Gasteiger partial charge in [0.2, 0.25) is 5.91 Å². The van der Waals surface area contributed by atoms with Gasteiger partial charge in [0.05, 0.1) is 12.6 Å². The van der Waals surface area contributed by atoms with Gasteiger partial charge in [0.25, 0.3) is 0 Å². The van der Waals surface area contributed by atoms with Crippen LogP contribution in [-0.2, 0) is 4.79 Å². The first-order valence-corrected chi connectivity index (χ1v) is 7.77. The molecule has 2 fully saturated rings. The van der Waals surface area contributed by atoms with Crippen LogP contribution in [0, 0.1) is 11.3 Å². The molecule has 2 atom stereocenters. The Morgan fingerprint density at radius 2 is 2.11 bits per heavy atom. The molecule has 0 spiro atoms. The first-order valence-electron chi connectivity index (χ1n) is 7.77. The first-order chi connectivity index (χ1) is 9.15. The van der Waals surface area contributed by atoms with E-state index < -0.39 is 0 Å². The van der Waals surface area contributed by atoms with E-state index in [1.807, 2.05) is 0 Å². The maximum Gasteiger partial charge on any atom is 0.237 e. The number of hydrogen-bond acceptors (Lipinski definition) is 3. The molecule has 2 aliphatic rings. The summed E-state index contributed by atoms with van der Waals surface area (Å²) >= 11 is 0. The van der Waals surface area contributed by atoms with Gasteiger partial charge in [0, 0.05) is 12.0 Å². The van der Waals surface area contributed by atoms with Crippen molar-refractivity contribution < 1.29 is 9.90 Å². The van der Waals surface area contributed by atoms with E-state index in [1.165, 1.54) is 19.3 Å². The van der Waals surface area contributed by atoms with E-state index in [1.54, 1.807) is 0 Å². The van der Waals surface area contributed by atoms with Gasteiger partial charge in [0.15, 0.2) is 0 Å². The van der Waals surface area contributed by atoms with Crippen LogP contribution < -0.4 is 10.6 Å². The number of aliphatic hydroxyl groups excluding tert-OH is 1. The van der Waals surface area contributed by atoms with Gasteiger partial charge in [-0.3, -0.25) is 4.79 Å². The fourth-order valence-electron chi connectivity index (χ4n) is 3.40. The second kappa shape index (κ2) is 6.71. The van der Waals surface area contributed by atoms with Gasteiger partial charge in [-0.05, 0) is 38.1 Å². The average Bonchev–Trinajstić information content (AvgIpc) is 2.46. The summed E-state index contributed by atoms with van der Waals surface area (Å²) < 4.78 is 0. The summed E-state index contributed by atoms with van der Waals surface area (Å²) in [6, 6.07) is -0.0388. The maximum absolute atomic E-state index is 12.2. The molecule has 2 rings (SSSR count). The summed E-state index contributed by atoms with van der Waals surface area (Å²) in [5.74, 6) is 0.739. The Balaban J connectivity index is 1.81. The van der Waals surface area contributed by atoms with E-state index in [4.69, 9.17) is 0 Å². The van der Waals surface area contributed by atoms with Crippen molar-refractivity contribution in [3.8, 4) is 0 Å². The van der Waals surface area contributed by atoms with Crippen molar-refractivity contribution in [2.45, 2.75) is 57.9 Å². The molecule has 110 valence electrons. The summed E-state index contributed by atoms with van der Waals surface area (Å²) in [7, 11) is 0. The lowest BCUT2D eigenvalue weighted by Crippen LogP contribution is -2.51. The molecule has 2 unspecified atom stereocenters. The molecule has 19 heavy (non-hydrogen) atoms. The van der Waals surface area contributed by atoms with Crippen LogP contribution in [0.2, 0.25) is 0 Å². The molecule has 1 saturated carbocycles. The lowest BCUT2D eigenvalue weighted by molar-refractivity contribution is -0.124. The fraction of sp³-hybridized carbons (Fsp3) is 0.933. The topological polar surface area (TPSA) is 61.4 Å². The van der Waals surface area contributed by atoms with Gasteiger partial charge in [0.1, 0.15) is 0 Å². The van der Waals surface area contributed by atoms with Gasteiger partial charge in [-0.1, -0.05) is 26.2 Å². The molecule has 1 aliphatic carbocycles. The summed E-state index contributed by atoms with van der Waals surface area (Å²) in [5, 5.41) is 16.0. The minimum atomic E-state index is -0.0613. The van der Waals surface area contributed by atoms with Crippen LogP contribution >= 0.6 is 0 Å². The van der Waals surface area contributed by atoms with E-state index in [2.05, 4.69) is 17.6 Å².